The number of nitriles is 1. The maximum atomic E-state index is 12.9. The van der Waals surface area contributed by atoms with Gasteiger partial charge < -0.3 is 4.42 Å². The Morgan fingerprint density at radius 2 is 1.97 bits per heavy atom. The second-order valence-corrected chi connectivity index (χ2v) is 7.17. The average molecular weight is 423 g/mol. The molecule has 9 nitrogen and oxygen atoms in total. The molecule has 0 aliphatic rings. The van der Waals surface area contributed by atoms with Crippen LogP contribution in [0.4, 0.5) is 0 Å². The predicted octanol–water partition coefficient (Wildman–Crippen LogP) is 2.43. The summed E-state index contributed by atoms with van der Waals surface area (Å²) in [6, 6.07) is 8.60. The van der Waals surface area contributed by atoms with E-state index in [1.54, 1.807) is 38.1 Å². The molecule has 0 aliphatic carbocycles. The van der Waals surface area contributed by atoms with Gasteiger partial charge in [-0.05, 0) is 37.1 Å². The third kappa shape index (κ3) is 3.38. The number of aromatic nitrogens is 5. The maximum absolute atomic E-state index is 12.9. The molecule has 30 heavy (non-hydrogen) atoms. The highest BCUT2D eigenvalue weighted by Crippen LogP contribution is 2.19. The number of benzene rings is 1. The van der Waals surface area contributed by atoms with E-state index in [0.29, 0.717) is 16.0 Å². The second-order valence-electron chi connectivity index (χ2n) is 6.74. The Hall–Kier alpha value is -3.77. The molecule has 4 rings (SSSR count). The number of aryl methyl sites for hydroxylation is 1. The summed E-state index contributed by atoms with van der Waals surface area (Å²) in [5, 5.41) is 14.3. The SMILES string of the molecule is Cc1cnc(C#N)c2ncn(Cc3nn(C(C)c4ccc(Cl)cc4)c(=O)o3)c(=O)c12. The molecule has 0 spiro atoms. The van der Waals surface area contributed by atoms with Crippen molar-refractivity contribution in [2.24, 2.45) is 0 Å². The number of pyridine rings is 1. The largest absolute Gasteiger partial charge is 0.437 e. The van der Waals surface area contributed by atoms with Crippen molar-refractivity contribution in [1.29, 1.82) is 5.26 Å². The number of hydrogen-bond acceptors (Lipinski definition) is 7. The van der Waals surface area contributed by atoms with E-state index in [-0.39, 0.29) is 35.2 Å². The summed E-state index contributed by atoms with van der Waals surface area (Å²) < 4.78 is 7.73. The first-order valence-electron chi connectivity index (χ1n) is 8.98. The van der Waals surface area contributed by atoms with Crippen LogP contribution in [-0.4, -0.2) is 24.3 Å². The van der Waals surface area contributed by atoms with Crippen LogP contribution in [0.2, 0.25) is 5.02 Å². The van der Waals surface area contributed by atoms with Crippen molar-refractivity contribution in [1.82, 2.24) is 24.3 Å². The minimum Gasteiger partial charge on any atom is -0.390 e. The zero-order valence-electron chi connectivity index (χ0n) is 16.0. The fraction of sp³-hybridized carbons (Fsp3) is 0.200. The van der Waals surface area contributed by atoms with Gasteiger partial charge in [0.15, 0.2) is 5.69 Å². The van der Waals surface area contributed by atoms with Crippen molar-refractivity contribution < 1.29 is 4.42 Å². The van der Waals surface area contributed by atoms with Gasteiger partial charge in [-0.25, -0.2) is 14.8 Å². The Labute approximate surface area is 174 Å². The molecule has 1 unspecified atom stereocenters. The van der Waals surface area contributed by atoms with E-state index in [1.807, 2.05) is 6.07 Å². The standard InChI is InChI=1S/C20H15ClN6O3/c1-11-8-23-15(7-22)18-17(11)19(28)26(10-24-18)9-16-25-27(20(29)30-16)12(2)13-3-5-14(21)6-4-13/h3-6,8,10,12H,9H2,1-2H3. The molecule has 0 amide bonds. The van der Waals surface area contributed by atoms with Gasteiger partial charge in [0.1, 0.15) is 18.1 Å². The summed E-state index contributed by atoms with van der Waals surface area (Å²) in [6.07, 6.45) is 2.74. The molecule has 0 saturated heterocycles. The number of hydrogen-bond donors (Lipinski definition) is 0. The summed E-state index contributed by atoms with van der Waals surface area (Å²) in [5.74, 6) is -0.572. The lowest BCUT2D eigenvalue weighted by molar-refractivity contribution is 0.428. The first-order valence-corrected chi connectivity index (χ1v) is 9.35. The highest BCUT2D eigenvalue weighted by atomic mass is 35.5. The van der Waals surface area contributed by atoms with E-state index >= 15 is 0 Å². The van der Waals surface area contributed by atoms with Crippen LogP contribution in [-0.2, 0) is 6.54 Å². The summed E-state index contributed by atoms with van der Waals surface area (Å²) in [4.78, 5) is 33.4. The Balaban J connectivity index is 1.71. The smallest absolute Gasteiger partial charge is 0.390 e. The molecule has 0 fully saturated rings. The molecule has 1 atom stereocenters. The van der Waals surface area contributed by atoms with Crippen LogP contribution in [0.3, 0.4) is 0 Å². The number of nitrogens with zero attached hydrogens (tertiary/aromatic N) is 6. The van der Waals surface area contributed by atoms with Crippen LogP contribution in [0.25, 0.3) is 10.9 Å². The van der Waals surface area contributed by atoms with Crippen LogP contribution in [0, 0.1) is 18.3 Å². The molecular formula is C20H15ClN6O3. The monoisotopic (exact) mass is 422 g/mol. The van der Waals surface area contributed by atoms with Gasteiger partial charge in [-0.1, -0.05) is 23.7 Å². The fourth-order valence-electron chi connectivity index (χ4n) is 3.17. The van der Waals surface area contributed by atoms with E-state index < -0.39 is 5.76 Å². The van der Waals surface area contributed by atoms with E-state index in [0.717, 1.165) is 5.56 Å². The van der Waals surface area contributed by atoms with Crippen molar-refractivity contribution in [2.75, 3.05) is 0 Å². The number of halogens is 1. The quantitative estimate of drug-likeness (QED) is 0.495. The lowest BCUT2D eigenvalue weighted by atomic mass is 10.1. The molecule has 4 aromatic rings. The van der Waals surface area contributed by atoms with Crippen molar-refractivity contribution in [3.63, 3.8) is 0 Å². The van der Waals surface area contributed by atoms with E-state index in [9.17, 15) is 14.9 Å². The van der Waals surface area contributed by atoms with E-state index in [4.69, 9.17) is 16.0 Å². The van der Waals surface area contributed by atoms with Gasteiger partial charge in [0.25, 0.3) is 5.56 Å². The second kappa shape index (κ2) is 7.57. The highest BCUT2D eigenvalue weighted by Gasteiger charge is 2.18. The molecule has 1 aromatic carbocycles. The molecular weight excluding hydrogens is 408 g/mol. The summed E-state index contributed by atoms with van der Waals surface area (Å²) in [7, 11) is 0. The van der Waals surface area contributed by atoms with E-state index in [2.05, 4.69) is 15.1 Å². The first kappa shape index (κ1) is 19.5. The fourth-order valence-corrected chi connectivity index (χ4v) is 3.30. The van der Waals surface area contributed by atoms with Crippen molar-refractivity contribution in [2.45, 2.75) is 26.4 Å². The lowest BCUT2D eigenvalue weighted by Crippen LogP contribution is -2.23. The number of fused-ring (bicyclic) bond motifs is 1. The zero-order valence-corrected chi connectivity index (χ0v) is 16.8. The van der Waals surface area contributed by atoms with E-state index in [1.165, 1.54) is 21.8 Å². The third-order valence-electron chi connectivity index (χ3n) is 4.79. The summed E-state index contributed by atoms with van der Waals surface area (Å²) in [6.45, 7) is 3.44. The minimum atomic E-state index is -0.638. The Bertz CT molecular complexity index is 1410. The summed E-state index contributed by atoms with van der Waals surface area (Å²) in [5.41, 5.74) is 1.37. The van der Waals surface area contributed by atoms with Crippen molar-refractivity contribution in [3.05, 3.63) is 85.4 Å². The highest BCUT2D eigenvalue weighted by molar-refractivity contribution is 6.30. The van der Waals surface area contributed by atoms with Crippen LogP contribution < -0.4 is 11.3 Å². The minimum absolute atomic E-state index is 0.0660. The Morgan fingerprint density at radius 1 is 1.23 bits per heavy atom. The topological polar surface area (TPSA) is 120 Å². The van der Waals surface area contributed by atoms with Crippen LogP contribution >= 0.6 is 11.6 Å². The normalized spacial score (nSPS) is 12.1. The molecule has 150 valence electrons. The Kier molecular flexibility index (Phi) is 4.93. The van der Waals surface area contributed by atoms with Crippen molar-refractivity contribution in [3.8, 4) is 6.07 Å². The number of rotatable bonds is 4. The summed E-state index contributed by atoms with van der Waals surface area (Å²) >= 11 is 5.91. The molecule has 3 heterocycles. The zero-order chi connectivity index (χ0) is 21.4. The molecule has 10 heteroatoms. The van der Waals surface area contributed by atoms with Gasteiger partial charge in [0.05, 0.1) is 17.8 Å². The van der Waals surface area contributed by atoms with Gasteiger partial charge >= 0.3 is 5.76 Å². The van der Waals surface area contributed by atoms with Gasteiger partial charge in [0.2, 0.25) is 5.89 Å². The van der Waals surface area contributed by atoms with Crippen molar-refractivity contribution >= 4 is 22.5 Å². The first-order chi connectivity index (χ1) is 14.4. The maximum Gasteiger partial charge on any atom is 0.437 e. The van der Waals surface area contributed by atoms with Crippen LogP contribution in [0.15, 0.2) is 50.8 Å². The molecule has 0 aliphatic heterocycles. The molecule has 3 aromatic heterocycles. The van der Waals surface area contributed by atoms with Gasteiger partial charge in [-0.15, -0.1) is 5.10 Å². The average Bonchev–Trinajstić information content (AvgIpc) is 3.10. The molecule has 0 saturated carbocycles. The van der Waals surface area contributed by atoms with Crippen LogP contribution in [0.1, 0.15) is 35.7 Å². The lowest BCUT2D eigenvalue weighted by Gasteiger charge is -2.10. The third-order valence-corrected chi connectivity index (χ3v) is 5.04. The van der Waals surface area contributed by atoms with Crippen LogP contribution in [0.5, 0.6) is 0 Å². The molecule has 0 bridgehead atoms. The van der Waals surface area contributed by atoms with Gasteiger partial charge in [-0.3, -0.25) is 9.36 Å². The molecule has 0 radical (unpaired) electrons. The molecule has 0 N–H and O–H groups in total. The predicted molar refractivity (Wildman–Crippen MR) is 108 cm³/mol. The Morgan fingerprint density at radius 3 is 2.67 bits per heavy atom. The van der Waals surface area contributed by atoms with Gasteiger partial charge in [0, 0.05) is 11.2 Å². The van der Waals surface area contributed by atoms with Gasteiger partial charge in [-0.2, -0.15) is 9.94 Å².